The molecule has 1 fully saturated rings. The van der Waals surface area contributed by atoms with Gasteiger partial charge in [0.2, 0.25) is 5.91 Å². The van der Waals surface area contributed by atoms with Crippen molar-refractivity contribution in [2.24, 2.45) is 5.92 Å². The summed E-state index contributed by atoms with van der Waals surface area (Å²) in [4.78, 5) is 28.2. The van der Waals surface area contributed by atoms with Crippen molar-refractivity contribution in [2.45, 2.75) is 85.0 Å². The Hall–Kier alpha value is -3.96. The van der Waals surface area contributed by atoms with Crippen molar-refractivity contribution in [1.29, 1.82) is 0 Å². The fraction of sp³-hybridized carbons (Fsp3) is 0.467. The molecule has 1 N–H and O–H groups in total. The van der Waals surface area contributed by atoms with Gasteiger partial charge < -0.3 is 14.7 Å². The number of aryl methyl sites for hydroxylation is 2. The quantitative estimate of drug-likeness (QED) is 0.258. The van der Waals surface area contributed by atoms with Crippen LogP contribution in [0.1, 0.15) is 81.3 Å². The molecule has 1 aliphatic carbocycles. The standard InChI is InChI=1S/C28H30F4N4O4.C2H6/c1-17(2)36(26(37)19-6-4-3-5-7-19)23-16-22(29)25(15-20(23)27(38)39)40-24-9-8-18(14-21(24)28(30,31)32)10-13-35-33-11-12-34-35;1-2/h8-9,11-12,14-17,19H,3-7,10,13H2,1-2H3,(H,38,39);1-2H3. The molecular weight excluding hydrogens is 556 g/mol. The third-order valence-corrected chi connectivity index (χ3v) is 6.88. The number of rotatable bonds is 9. The number of anilines is 1. The third kappa shape index (κ3) is 7.86. The van der Waals surface area contributed by atoms with Gasteiger partial charge in [-0.3, -0.25) is 4.79 Å². The van der Waals surface area contributed by atoms with Gasteiger partial charge in [-0.25, -0.2) is 9.18 Å². The Balaban J connectivity index is 0.00000237. The molecule has 1 aliphatic rings. The second kappa shape index (κ2) is 14.3. The summed E-state index contributed by atoms with van der Waals surface area (Å²) in [5.41, 5.74) is -1.43. The van der Waals surface area contributed by atoms with E-state index >= 15 is 4.39 Å². The van der Waals surface area contributed by atoms with Gasteiger partial charge in [-0.2, -0.15) is 28.2 Å². The molecule has 3 aromatic rings. The summed E-state index contributed by atoms with van der Waals surface area (Å²) in [7, 11) is 0. The van der Waals surface area contributed by atoms with Crippen molar-refractivity contribution >= 4 is 17.6 Å². The zero-order valence-electron chi connectivity index (χ0n) is 24.1. The molecule has 0 unspecified atom stereocenters. The van der Waals surface area contributed by atoms with Gasteiger partial charge in [-0.05, 0) is 50.8 Å². The molecule has 8 nitrogen and oxygen atoms in total. The predicted octanol–water partition coefficient (Wildman–Crippen LogP) is 7.52. The first-order valence-corrected chi connectivity index (χ1v) is 14.1. The van der Waals surface area contributed by atoms with Crippen LogP contribution < -0.4 is 9.64 Å². The van der Waals surface area contributed by atoms with E-state index in [9.17, 15) is 27.9 Å². The lowest BCUT2D eigenvalue weighted by molar-refractivity contribution is -0.138. The number of carbonyl (C=O) groups excluding carboxylic acids is 1. The molecule has 0 aliphatic heterocycles. The molecule has 42 heavy (non-hydrogen) atoms. The lowest BCUT2D eigenvalue weighted by Gasteiger charge is -2.33. The Morgan fingerprint density at radius 2 is 1.69 bits per heavy atom. The molecule has 0 bridgehead atoms. The highest BCUT2D eigenvalue weighted by atomic mass is 19.4. The first-order valence-electron chi connectivity index (χ1n) is 14.1. The Labute approximate surface area is 242 Å². The maximum atomic E-state index is 15.3. The van der Waals surface area contributed by atoms with Crippen LogP contribution in [0.15, 0.2) is 42.7 Å². The van der Waals surface area contributed by atoms with Crippen LogP contribution in [-0.2, 0) is 23.9 Å². The van der Waals surface area contributed by atoms with Gasteiger partial charge >= 0.3 is 12.1 Å². The first-order chi connectivity index (χ1) is 20.0. The summed E-state index contributed by atoms with van der Waals surface area (Å²) < 4.78 is 62.5. The zero-order valence-corrected chi connectivity index (χ0v) is 24.1. The fourth-order valence-electron chi connectivity index (χ4n) is 4.94. The molecule has 1 aromatic heterocycles. The highest BCUT2D eigenvalue weighted by molar-refractivity contribution is 6.03. The van der Waals surface area contributed by atoms with E-state index in [0.29, 0.717) is 18.4 Å². The average molecular weight is 593 g/mol. The lowest BCUT2D eigenvalue weighted by Crippen LogP contribution is -2.42. The topological polar surface area (TPSA) is 97.5 Å². The summed E-state index contributed by atoms with van der Waals surface area (Å²) in [6, 6.07) is 4.55. The van der Waals surface area contributed by atoms with Crippen molar-refractivity contribution in [3.05, 3.63) is 65.2 Å². The second-order valence-electron chi connectivity index (χ2n) is 10.0. The summed E-state index contributed by atoms with van der Waals surface area (Å²) in [6.45, 7) is 7.62. The van der Waals surface area contributed by atoms with Crippen molar-refractivity contribution in [3.63, 3.8) is 0 Å². The molecule has 2 aromatic carbocycles. The molecular formula is C30H36F4N4O4. The number of aromatic nitrogens is 3. The van der Waals surface area contributed by atoms with Gasteiger partial charge in [-0.15, -0.1) is 0 Å². The van der Waals surface area contributed by atoms with Crippen molar-refractivity contribution in [3.8, 4) is 11.5 Å². The molecule has 1 amide bonds. The molecule has 228 valence electrons. The number of hydrogen-bond acceptors (Lipinski definition) is 5. The van der Waals surface area contributed by atoms with E-state index in [1.54, 1.807) is 13.8 Å². The summed E-state index contributed by atoms with van der Waals surface area (Å²) in [6.07, 6.45) is 2.34. The minimum atomic E-state index is -4.83. The smallest absolute Gasteiger partial charge is 0.419 e. The number of amides is 1. The lowest BCUT2D eigenvalue weighted by atomic mass is 9.87. The summed E-state index contributed by atoms with van der Waals surface area (Å²) >= 11 is 0. The normalized spacial score (nSPS) is 13.8. The molecule has 0 radical (unpaired) electrons. The van der Waals surface area contributed by atoms with E-state index in [-0.39, 0.29) is 30.5 Å². The average Bonchev–Trinajstić information content (AvgIpc) is 3.48. The molecule has 1 saturated carbocycles. The van der Waals surface area contributed by atoms with Crippen LogP contribution >= 0.6 is 0 Å². The molecule has 12 heteroatoms. The van der Waals surface area contributed by atoms with E-state index in [0.717, 1.165) is 43.5 Å². The van der Waals surface area contributed by atoms with Crippen LogP contribution in [0.2, 0.25) is 0 Å². The number of nitrogens with zero attached hydrogens (tertiary/aromatic N) is 4. The molecule has 0 saturated heterocycles. The van der Waals surface area contributed by atoms with E-state index in [4.69, 9.17) is 4.74 Å². The van der Waals surface area contributed by atoms with Crippen molar-refractivity contribution < 1.29 is 37.0 Å². The van der Waals surface area contributed by atoms with Crippen LogP contribution in [0.5, 0.6) is 11.5 Å². The van der Waals surface area contributed by atoms with Crippen LogP contribution in [0.25, 0.3) is 0 Å². The number of hydrogen-bond donors (Lipinski definition) is 1. The van der Waals surface area contributed by atoms with E-state index < -0.39 is 46.6 Å². The van der Waals surface area contributed by atoms with E-state index in [1.807, 2.05) is 13.8 Å². The van der Waals surface area contributed by atoms with Crippen LogP contribution in [0, 0.1) is 11.7 Å². The number of aromatic carboxylic acids is 1. The Morgan fingerprint density at radius 1 is 1.05 bits per heavy atom. The highest BCUT2D eigenvalue weighted by Crippen LogP contribution is 2.41. The zero-order chi connectivity index (χ0) is 31.0. The van der Waals surface area contributed by atoms with Gasteiger partial charge in [0.05, 0.1) is 35.8 Å². The van der Waals surface area contributed by atoms with Crippen LogP contribution in [0.4, 0.5) is 23.2 Å². The first kappa shape index (κ1) is 32.6. The Kier molecular flexibility index (Phi) is 11.1. The second-order valence-corrected chi connectivity index (χ2v) is 10.0. The number of carbonyl (C=O) groups is 2. The van der Waals surface area contributed by atoms with Crippen LogP contribution in [0.3, 0.4) is 0 Å². The predicted molar refractivity (Wildman–Crippen MR) is 149 cm³/mol. The number of carboxylic acid groups (broad SMARTS) is 1. The van der Waals surface area contributed by atoms with Gasteiger partial charge in [-0.1, -0.05) is 39.2 Å². The third-order valence-electron chi connectivity index (χ3n) is 6.88. The maximum absolute atomic E-state index is 15.3. The number of halogens is 4. The van der Waals surface area contributed by atoms with Gasteiger partial charge in [0, 0.05) is 24.1 Å². The minimum Gasteiger partial charge on any atom is -0.478 e. The Bertz CT molecular complexity index is 1350. The SMILES string of the molecule is CC.CC(C)N(C(=O)C1CCCCC1)c1cc(F)c(Oc2ccc(CCn3nccn3)cc2C(F)(F)F)cc1C(=O)O. The number of benzene rings is 2. The largest absolute Gasteiger partial charge is 0.478 e. The van der Waals surface area contributed by atoms with Gasteiger partial charge in [0.1, 0.15) is 5.75 Å². The maximum Gasteiger partial charge on any atom is 0.419 e. The van der Waals surface area contributed by atoms with E-state index in [1.165, 1.54) is 28.2 Å². The van der Waals surface area contributed by atoms with Gasteiger partial charge in [0.15, 0.2) is 11.6 Å². The number of alkyl halides is 3. The molecule has 0 spiro atoms. The molecule has 0 atom stereocenters. The van der Waals surface area contributed by atoms with Crippen molar-refractivity contribution in [2.75, 3.05) is 4.90 Å². The fourth-order valence-corrected chi connectivity index (χ4v) is 4.94. The monoisotopic (exact) mass is 592 g/mol. The number of carboxylic acids is 1. The molecule has 4 rings (SSSR count). The highest BCUT2D eigenvalue weighted by Gasteiger charge is 2.36. The van der Waals surface area contributed by atoms with E-state index in [2.05, 4.69) is 10.2 Å². The minimum absolute atomic E-state index is 0.165. The number of ether oxygens (including phenoxy) is 1. The summed E-state index contributed by atoms with van der Waals surface area (Å²) in [5.74, 6) is -4.56. The summed E-state index contributed by atoms with van der Waals surface area (Å²) in [5, 5.41) is 17.8. The van der Waals surface area contributed by atoms with Gasteiger partial charge in [0.25, 0.3) is 0 Å². The van der Waals surface area contributed by atoms with Crippen molar-refractivity contribution in [1.82, 2.24) is 15.0 Å². The molecule has 1 heterocycles. The van der Waals surface area contributed by atoms with Crippen LogP contribution in [-0.4, -0.2) is 38.0 Å². The Morgan fingerprint density at radius 3 is 2.26 bits per heavy atom.